The van der Waals surface area contributed by atoms with E-state index in [1.54, 1.807) is 0 Å². The summed E-state index contributed by atoms with van der Waals surface area (Å²) in [5.41, 5.74) is 0. The third-order valence-corrected chi connectivity index (χ3v) is 0.289. The van der Waals surface area contributed by atoms with Crippen molar-refractivity contribution in [1.29, 1.82) is 0 Å². The average Bonchev–Trinajstić information content (AvgIpc) is 1.37. The van der Waals surface area contributed by atoms with Crippen LogP contribution in [0.3, 0.4) is 0 Å². The Morgan fingerprint density at radius 3 is 2.00 bits per heavy atom. The molecule has 32 valence electrons. The summed E-state index contributed by atoms with van der Waals surface area (Å²) >= 11 is 0. The molecule has 0 fully saturated rings. The van der Waals surface area contributed by atoms with Crippen LogP contribution in [-0.2, 0) is 19.5 Å². The number of hydrogen-bond acceptors (Lipinski definition) is 0. The Kier molecular flexibility index (Phi) is 16.0. The SMILES string of the molecule is C=CCC.[Ru]. The first-order valence-electron chi connectivity index (χ1n) is 1.52. The van der Waals surface area contributed by atoms with Crippen LogP contribution in [-0.4, -0.2) is 0 Å². The Bertz CT molecular complexity index is 17.6. The molecule has 0 saturated heterocycles. The van der Waals surface area contributed by atoms with Gasteiger partial charge in [-0.1, -0.05) is 13.0 Å². The second-order valence-electron chi connectivity index (χ2n) is 0.697. The van der Waals surface area contributed by atoms with Crippen LogP contribution < -0.4 is 0 Å². The minimum absolute atomic E-state index is 0. The first kappa shape index (κ1) is 9.03. The van der Waals surface area contributed by atoms with Crippen molar-refractivity contribution in [3.8, 4) is 0 Å². The molecule has 0 spiro atoms. The molecule has 0 nitrogen and oxygen atoms in total. The monoisotopic (exact) mass is 158 g/mol. The maximum absolute atomic E-state index is 3.48. The second-order valence-corrected chi connectivity index (χ2v) is 0.697. The zero-order valence-corrected chi connectivity index (χ0v) is 5.08. The number of allylic oxidation sites excluding steroid dienone is 1. The van der Waals surface area contributed by atoms with Gasteiger partial charge in [-0.2, -0.15) is 0 Å². The maximum atomic E-state index is 3.48. The average molecular weight is 157 g/mol. The van der Waals surface area contributed by atoms with E-state index in [-0.39, 0.29) is 19.5 Å². The summed E-state index contributed by atoms with van der Waals surface area (Å²) in [4.78, 5) is 0. The Morgan fingerprint density at radius 2 is 2.00 bits per heavy atom. The van der Waals surface area contributed by atoms with Crippen molar-refractivity contribution in [2.24, 2.45) is 0 Å². The largest absolute Gasteiger partial charge is 0.103 e. The molecular formula is C4H8Ru. The topological polar surface area (TPSA) is 0 Å². The van der Waals surface area contributed by atoms with E-state index < -0.39 is 0 Å². The molecule has 0 aliphatic rings. The quantitative estimate of drug-likeness (QED) is 0.400. The number of hydrogen-bond donors (Lipinski definition) is 0. The molecule has 0 rings (SSSR count). The van der Waals surface area contributed by atoms with Gasteiger partial charge in [0.1, 0.15) is 0 Å². The van der Waals surface area contributed by atoms with Gasteiger partial charge in [-0.3, -0.25) is 0 Å². The predicted molar refractivity (Wildman–Crippen MR) is 20.5 cm³/mol. The zero-order chi connectivity index (χ0) is 3.41. The molecule has 0 amide bonds. The van der Waals surface area contributed by atoms with Crippen LogP contribution in [0.5, 0.6) is 0 Å². The molecule has 0 unspecified atom stereocenters. The van der Waals surface area contributed by atoms with E-state index in [1.807, 2.05) is 6.08 Å². The molecule has 0 aliphatic heterocycles. The third-order valence-electron chi connectivity index (χ3n) is 0.289. The van der Waals surface area contributed by atoms with Crippen molar-refractivity contribution in [3.63, 3.8) is 0 Å². The van der Waals surface area contributed by atoms with E-state index in [1.165, 1.54) is 0 Å². The molecule has 0 saturated carbocycles. The molecule has 0 atom stereocenters. The van der Waals surface area contributed by atoms with Gasteiger partial charge in [0.05, 0.1) is 0 Å². The summed E-state index contributed by atoms with van der Waals surface area (Å²) in [5.74, 6) is 0. The van der Waals surface area contributed by atoms with E-state index >= 15 is 0 Å². The van der Waals surface area contributed by atoms with Crippen molar-refractivity contribution >= 4 is 0 Å². The van der Waals surface area contributed by atoms with Gasteiger partial charge in [0, 0.05) is 19.5 Å². The van der Waals surface area contributed by atoms with Crippen molar-refractivity contribution in [1.82, 2.24) is 0 Å². The van der Waals surface area contributed by atoms with Crippen LogP contribution in [0.15, 0.2) is 12.7 Å². The fraction of sp³-hybridized carbons (Fsp3) is 0.500. The molecule has 0 aromatic carbocycles. The molecule has 5 heavy (non-hydrogen) atoms. The van der Waals surface area contributed by atoms with Gasteiger partial charge >= 0.3 is 0 Å². The summed E-state index contributed by atoms with van der Waals surface area (Å²) in [6, 6.07) is 0. The van der Waals surface area contributed by atoms with E-state index in [0.717, 1.165) is 6.42 Å². The molecule has 0 aromatic heterocycles. The Balaban J connectivity index is 0. The Labute approximate surface area is 46.0 Å². The molecule has 0 bridgehead atoms. The van der Waals surface area contributed by atoms with Crippen molar-refractivity contribution in [3.05, 3.63) is 12.7 Å². The van der Waals surface area contributed by atoms with Gasteiger partial charge in [-0.25, -0.2) is 0 Å². The zero-order valence-electron chi connectivity index (χ0n) is 3.35. The summed E-state index contributed by atoms with van der Waals surface area (Å²) in [6.45, 7) is 5.54. The van der Waals surface area contributed by atoms with Crippen LogP contribution in [0.25, 0.3) is 0 Å². The maximum Gasteiger partial charge on any atom is 0 e. The Hall–Kier alpha value is 0.363. The second kappa shape index (κ2) is 8.84. The number of rotatable bonds is 1. The minimum atomic E-state index is 0. The van der Waals surface area contributed by atoms with Crippen LogP contribution in [0.4, 0.5) is 0 Å². The smallest absolute Gasteiger partial charge is 0 e. The van der Waals surface area contributed by atoms with E-state index in [0.29, 0.717) is 0 Å². The van der Waals surface area contributed by atoms with Crippen LogP contribution >= 0.6 is 0 Å². The summed E-state index contributed by atoms with van der Waals surface area (Å²) in [7, 11) is 0. The summed E-state index contributed by atoms with van der Waals surface area (Å²) in [5, 5.41) is 0. The standard InChI is InChI=1S/C4H8.Ru/c1-3-4-2;/h3H,1,4H2,2H3;. The van der Waals surface area contributed by atoms with Crippen molar-refractivity contribution < 1.29 is 19.5 Å². The first-order valence-corrected chi connectivity index (χ1v) is 1.52. The van der Waals surface area contributed by atoms with Crippen LogP contribution in [0, 0.1) is 0 Å². The minimum Gasteiger partial charge on any atom is -0.103 e. The van der Waals surface area contributed by atoms with E-state index in [9.17, 15) is 0 Å². The van der Waals surface area contributed by atoms with Gasteiger partial charge < -0.3 is 0 Å². The fourth-order valence-electron chi connectivity index (χ4n) is 0. The van der Waals surface area contributed by atoms with Crippen molar-refractivity contribution in [2.45, 2.75) is 13.3 Å². The van der Waals surface area contributed by atoms with Crippen LogP contribution in [0.1, 0.15) is 13.3 Å². The molecule has 0 heterocycles. The summed E-state index contributed by atoms with van der Waals surface area (Å²) in [6.07, 6.45) is 2.96. The molecule has 0 radical (unpaired) electrons. The molecule has 1 heteroatoms. The fourth-order valence-corrected chi connectivity index (χ4v) is 0. The van der Waals surface area contributed by atoms with Gasteiger partial charge in [-0.15, -0.1) is 6.58 Å². The first-order chi connectivity index (χ1) is 1.91. The normalized spacial score (nSPS) is 5.00. The van der Waals surface area contributed by atoms with E-state index in [4.69, 9.17) is 0 Å². The van der Waals surface area contributed by atoms with Gasteiger partial charge in [-0.05, 0) is 6.42 Å². The summed E-state index contributed by atoms with van der Waals surface area (Å²) < 4.78 is 0. The van der Waals surface area contributed by atoms with Gasteiger partial charge in [0.25, 0.3) is 0 Å². The van der Waals surface area contributed by atoms with Gasteiger partial charge in [0.2, 0.25) is 0 Å². The molecular weight excluding hydrogens is 149 g/mol. The molecule has 0 N–H and O–H groups in total. The molecule has 0 aromatic rings. The predicted octanol–water partition coefficient (Wildman–Crippen LogP) is 1.58. The van der Waals surface area contributed by atoms with Gasteiger partial charge in [0.15, 0.2) is 0 Å². The van der Waals surface area contributed by atoms with Crippen LogP contribution in [0.2, 0.25) is 0 Å². The van der Waals surface area contributed by atoms with E-state index in [2.05, 4.69) is 13.5 Å². The molecule has 0 aliphatic carbocycles. The Morgan fingerprint density at radius 1 is 1.80 bits per heavy atom. The third kappa shape index (κ3) is 13.1. The van der Waals surface area contributed by atoms with Crippen molar-refractivity contribution in [2.75, 3.05) is 0 Å².